The largest absolute Gasteiger partial charge is 0.484 e. The van der Waals surface area contributed by atoms with E-state index in [0.29, 0.717) is 11.3 Å². The van der Waals surface area contributed by atoms with Crippen molar-refractivity contribution in [3.8, 4) is 11.8 Å². The maximum absolute atomic E-state index is 11.6. The fourth-order valence-electron chi connectivity index (χ4n) is 1.69. The predicted octanol–water partition coefficient (Wildman–Crippen LogP) is 0.364. The van der Waals surface area contributed by atoms with Gasteiger partial charge in [0.15, 0.2) is 16.4 Å². The average Bonchev–Trinajstić information content (AvgIpc) is 2.76. The van der Waals surface area contributed by atoms with E-state index in [1.807, 2.05) is 6.07 Å². The monoisotopic (exact) mass is 292 g/mol. The summed E-state index contributed by atoms with van der Waals surface area (Å²) in [4.78, 5) is 11.6. The van der Waals surface area contributed by atoms with E-state index in [9.17, 15) is 13.2 Å². The molecule has 0 saturated carbocycles. The van der Waals surface area contributed by atoms with E-state index < -0.39 is 21.8 Å². The number of carbonyl (C=O) groups is 1. The molecule has 1 aliphatic heterocycles. The zero-order valence-electron chi connectivity index (χ0n) is 10.4. The average molecular weight is 292 g/mol. The number of ether oxygens (including phenoxy) is 1. The highest BCUT2D eigenvalue weighted by atomic mass is 32.2. The molecule has 1 heterocycles. The highest BCUT2D eigenvalue weighted by molar-refractivity contribution is 7.94. The SMILES string of the molecule is N#Cc1ccc(OCC(=O)NC2C=CS(=O)(=O)C2)cc1. The number of amides is 1. The Morgan fingerprint density at radius 2 is 2.10 bits per heavy atom. The first-order chi connectivity index (χ1) is 9.48. The number of sulfone groups is 1. The van der Waals surface area contributed by atoms with Crippen molar-refractivity contribution in [2.24, 2.45) is 0 Å². The van der Waals surface area contributed by atoms with Crippen LogP contribution in [0.5, 0.6) is 5.75 Å². The summed E-state index contributed by atoms with van der Waals surface area (Å²) < 4.78 is 27.6. The molecule has 0 spiro atoms. The molecule has 1 atom stereocenters. The molecule has 1 aromatic carbocycles. The van der Waals surface area contributed by atoms with Crippen molar-refractivity contribution in [2.45, 2.75) is 6.04 Å². The van der Waals surface area contributed by atoms with E-state index in [0.717, 1.165) is 5.41 Å². The van der Waals surface area contributed by atoms with Gasteiger partial charge in [-0.2, -0.15) is 5.26 Å². The number of hydrogen-bond donors (Lipinski definition) is 1. The molecule has 1 aliphatic rings. The highest BCUT2D eigenvalue weighted by Crippen LogP contribution is 2.11. The van der Waals surface area contributed by atoms with Gasteiger partial charge >= 0.3 is 0 Å². The lowest BCUT2D eigenvalue weighted by molar-refractivity contribution is -0.123. The third-order valence-corrected chi connectivity index (χ3v) is 4.03. The van der Waals surface area contributed by atoms with Crippen LogP contribution in [-0.4, -0.2) is 32.7 Å². The Morgan fingerprint density at radius 1 is 1.40 bits per heavy atom. The Morgan fingerprint density at radius 3 is 2.65 bits per heavy atom. The molecule has 1 aromatic rings. The van der Waals surface area contributed by atoms with Gasteiger partial charge in [-0.25, -0.2) is 8.42 Å². The molecule has 1 amide bonds. The number of nitrogens with one attached hydrogen (secondary N) is 1. The molecule has 0 radical (unpaired) electrons. The normalized spacial score (nSPS) is 19.2. The van der Waals surface area contributed by atoms with Gasteiger partial charge in [0.1, 0.15) is 5.75 Å². The van der Waals surface area contributed by atoms with Crippen LogP contribution in [0, 0.1) is 11.3 Å². The van der Waals surface area contributed by atoms with Crippen LogP contribution in [0.15, 0.2) is 35.7 Å². The predicted molar refractivity (Wildman–Crippen MR) is 71.5 cm³/mol. The standard InChI is InChI=1S/C13H12N2O4S/c14-7-10-1-3-12(4-2-10)19-8-13(16)15-11-5-6-20(17,18)9-11/h1-6,11H,8-9H2,(H,15,16). The molecule has 0 bridgehead atoms. The van der Waals surface area contributed by atoms with Crippen LogP contribution in [-0.2, 0) is 14.6 Å². The molecule has 0 aliphatic carbocycles. The number of carbonyl (C=O) groups excluding carboxylic acids is 1. The van der Waals surface area contributed by atoms with Crippen LogP contribution in [0.1, 0.15) is 5.56 Å². The topological polar surface area (TPSA) is 96.3 Å². The molecule has 20 heavy (non-hydrogen) atoms. The molecule has 6 nitrogen and oxygen atoms in total. The highest BCUT2D eigenvalue weighted by Gasteiger charge is 2.22. The van der Waals surface area contributed by atoms with Crippen LogP contribution >= 0.6 is 0 Å². The summed E-state index contributed by atoms with van der Waals surface area (Å²) in [6.07, 6.45) is 1.44. The molecule has 0 aromatic heterocycles. The van der Waals surface area contributed by atoms with Crippen LogP contribution in [0.3, 0.4) is 0 Å². The summed E-state index contributed by atoms with van der Waals surface area (Å²) in [5.41, 5.74) is 0.503. The van der Waals surface area contributed by atoms with Crippen molar-refractivity contribution in [2.75, 3.05) is 12.4 Å². The molecule has 0 fully saturated rings. The Kier molecular flexibility index (Phi) is 4.05. The quantitative estimate of drug-likeness (QED) is 0.864. The smallest absolute Gasteiger partial charge is 0.258 e. The number of nitrogens with zero attached hydrogens (tertiary/aromatic N) is 1. The van der Waals surface area contributed by atoms with Gasteiger partial charge in [0.25, 0.3) is 5.91 Å². The molecule has 7 heteroatoms. The van der Waals surface area contributed by atoms with E-state index in [-0.39, 0.29) is 12.4 Å². The van der Waals surface area contributed by atoms with Gasteiger partial charge in [-0.3, -0.25) is 4.79 Å². The second-order valence-electron chi connectivity index (χ2n) is 4.26. The van der Waals surface area contributed by atoms with Crippen molar-refractivity contribution < 1.29 is 17.9 Å². The second-order valence-corrected chi connectivity index (χ2v) is 6.19. The molecule has 104 valence electrons. The van der Waals surface area contributed by atoms with Gasteiger partial charge in [0.2, 0.25) is 0 Å². The minimum absolute atomic E-state index is 0.115. The first-order valence-corrected chi connectivity index (χ1v) is 7.53. The first-order valence-electron chi connectivity index (χ1n) is 5.82. The lowest BCUT2D eigenvalue weighted by Crippen LogP contribution is -2.38. The van der Waals surface area contributed by atoms with Gasteiger partial charge in [-0.15, -0.1) is 0 Å². The Bertz CT molecular complexity index is 671. The summed E-state index contributed by atoms with van der Waals surface area (Å²) in [6, 6.07) is 7.82. The van der Waals surface area contributed by atoms with Gasteiger partial charge in [-0.05, 0) is 30.3 Å². The minimum Gasteiger partial charge on any atom is -0.484 e. The third-order valence-electron chi connectivity index (χ3n) is 2.63. The van der Waals surface area contributed by atoms with E-state index in [2.05, 4.69) is 5.32 Å². The number of nitriles is 1. The number of benzene rings is 1. The fourth-order valence-corrected chi connectivity index (χ4v) is 2.92. The number of hydrogen-bond acceptors (Lipinski definition) is 5. The molecular formula is C13H12N2O4S. The van der Waals surface area contributed by atoms with E-state index in [4.69, 9.17) is 10.00 Å². The fraction of sp³-hybridized carbons (Fsp3) is 0.231. The van der Waals surface area contributed by atoms with Crippen molar-refractivity contribution in [1.29, 1.82) is 5.26 Å². The van der Waals surface area contributed by atoms with Crippen molar-refractivity contribution in [3.05, 3.63) is 41.3 Å². The second kappa shape index (κ2) is 5.75. The van der Waals surface area contributed by atoms with Gasteiger partial charge in [-0.1, -0.05) is 0 Å². The maximum Gasteiger partial charge on any atom is 0.258 e. The van der Waals surface area contributed by atoms with Crippen molar-refractivity contribution in [1.82, 2.24) is 5.32 Å². The zero-order chi connectivity index (χ0) is 14.6. The Balaban J connectivity index is 1.81. The van der Waals surface area contributed by atoms with Crippen LogP contribution in [0.25, 0.3) is 0 Å². The Hall–Kier alpha value is -2.33. The van der Waals surface area contributed by atoms with Crippen LogP contribution in [0.2, 0.25) is 0 Å². The third kappa shape index (κ3) is 3.83. The van der Waals surface area contributed by atoms with Crippen molar-refractivity contribution in [3.63, 3.8) is 0 Å². The number of rotatable bonds is 4. The zero-order valence-corrected chi connectivity index (χ0v) is 11.3. The molecule has 0 saturated heterocycles. The maximum atomic E-state index is 11.6. The summed E-state index contributed by atoms with van der Waals surface area (Å²) in [6.45, 7) is -0.212. The molecule has 1 unspecified atom stereocenters. The van der Waals surface area contributed by atoms with Crippen LogP contribution in [0.4, 0.5) is 0 Å². The summed E-state index contributed by atoms with van der Waals surface area (Å²) >= 11 is 0. The van der Waals surface area contributed by atoms with E-state index in [1.54, 1.807) is 24.3 Å². The Labute approximate surface area is 116 Å². The van der Waals surface area contributed by atoms with Gasteiger partial charge < -0.3 is 10.1 Å². The summed E-state index contributed by atoms with van der Waals surface area (Å²) in [7, 11) is -3.18. The van der Waals surface area contributed by atoms with E-state index in [1.165, 1.54) is 6.08 Å². The lowest BCUT2D eigenvalue weighted by atomic mass is 10.2. The van der Waals surface area contributed by atoms with Gasteiger partial charge in [0, 0.05) is 5.41 Å². The van der Waals surface area contributed by atoms with Gasteiger partial charge in [0.05, 0.1) is 23.4 Å². The first kappa shape index (κ1) is 14.1. The minimum atomic E-state index is -3.18. The lowest BCUT2D eigenvalue weighted by Gasteiger charge is -2.10. The van der Waals surface area contributed by atoms with E-state index >= 15 is 0 Å². The van der Waals surface area contributed by atoms with Crippen LogP contribution < -0.4 is 10.1 Å². The summed E-state index contributed by atoms with van der Waals surface area (Å²) in [5, 5.41) is 12.3. The van der Waals surface area contributed by atoms with Crippen molar-refractivity contribution >= 4 is 15.7 Å². The summed E-state index contributed by atoms with van der Waals surface area (Å²) in [5.74, 6) is -0.0508. The molecular weight excluding hydrogens is 280 g/mol. The molecule has 1 N–H and O–H groups in total. The molecule has 2 rings (SSSR count).